The number of carbonyl (C=O) groups is 3. The van der Waals surface area contributed by atoms with Gasteiger partial charge in [0.15, 0.2) is 11.4 Å². The molecule has 0 amide bonds. The van der Waals surface area contributed by atoms with Crippen LogP contribution < -0.4 is 0 Å². The molecule has 144 valence electrons. The van der Waals surface area contributed by atoms with Gasteiger partial charge in [-0.2, -0.15) is 0 Å². The molecule has 0 saturated heterocycles. The zero-order valence-electron chi connectivity index (χ0n) is 15.6. The lowest BCUT2D eigenvalue weighted by atomic mass is 10.2. The van der Waals surface area contributed by atoms with E-state index < -0.39 is 17.9 Å². The van der Waals surface area contributed by atoms with Crippen molar-refractivity contribution in [1.82, 2.24) is 9.55 Å². The van der Waals surface area contributed by atoms with E-state index in [1.165, 1.54) is 11.5 Å². The molecule has 2 rings (SSSR count). The number of nitrogens with zero attached hydrogens (tertiary/aromatic N) is 2. The monoisotopic (exact) mass is 374 g/mol. The molecule has 2 aromatic rings. The first kappa shape index (κ1) is 20.2. The second-order valence-corrected chi connectivity index (χ2v) is 5.52. The fraction of sp³-hybridized carbons (Fsp3) is 0.368. The molecule has 1 aromatic carbocycles. The number of imidazole rings is 1. The number of carbonyl (C=O) groups excluding carboxylic acids is 3. The van der Waals surface area contributed by atoms with Crippen LogP contribution in [0, 0.1) is 0 Å². The Balaban J connectivity index is 2.56. The molecule has 0 spiro atoms. The summed E-state index contributed by atoms with van der Waals surface area (Å²) in [5.74, 6) is -1.69. The second kappa shape index (κ2) is 9.51. The lowest BCUT2D eigenvalue weighted by Crippen LogP contribution is -2.19. The molecule has 8 nitrogen and oxygen atoms in total. The third-order valence-corrected chi connectivity index (χ3v) is 3.57. The predicted molar refractivity (Wildman–Crippen MR) is 95.2 cm³/mol. The largest absolute Gasteiger partial charge is 0.461 e. The summed E-state index contributed by atoms with van der Waals surface area (Å²) in [5.41, 5.74) is 0.689. The number of aromatic nitrogens is 2. The Labute approximate surface area is 157 Å². The van der Waals surface area contributed by atoms with Crippen LogP contribution in [0.4, 0.5) is 0 Å². The molecule has 0 fully saturated rings. The van der Waals surface area contributed by atoms with E-state index in [4.69, 9.17) is 14.2 Å². The number of benzene rings is 1. The summed E-state index contributed by atoms with van der Waals surface area (Å²) in [6, 6.07) is 9.32. The lowest BCUT2D eigenvalue weighted by Gasteiger charge is -2.12. The highest BCUT2D eigenvalue weighted by Crippen LogP contribution is 2.18. The lowest BCUT2D eigenvalue weighted by molar-refractivity contribution is -0.142. The smallest absolute Gasteiger partial charge is 0.359 e. The molecule has 1 heterocycles. The molecule has 0 N–H and O–H groups in total. The molecule has 0 radical (unpaired) electrons. The van der Waals surface area contributed by atoms with Crippen LogP contribution in [-0.2, 0) is 32.2 Å². The quantitative estimate of drug-likeness (QED) is 0.517. The van der Waals surface area contributed by atoms with Gasteiger partial charge in [0.25, 0.3) is 0 Å². The van der Waals surface area contributed by atoms with E-state index in [-0.39, 0.29) is 43.6 Å². The first-order chi connectivity index (χ1) is 13.0. The predicted octanol–water partition coefficient (Wildman–Crippen LogP) is 2.35. The molecule has 0 atom stereocenters. The van der Waals surface area contributed by atoms with Crippen LogP contribution in [0.5, 0.6) is 0 Å². The Kier molecular flexibility index (Phi) is 7.10. The maximum Gasteiger partial charge on any atom is 0.359 e. The van der Waals surface area contributed by atoms with Crippen LogP contribution >= 0.6 is 0 Å². The van der Waals surface area contributed by atoms with Crippen molar-refractivity contribution in [3.8, 4) is 0 Å². The molecule has 0 aliphatic carbocycles. The summed E-state index contributed by atoms with van der Waals surface area (Å²) in [4.78, 5) is 40.3. The van der Waals surface area contributed by atoms with Crippen LogP contribution in [-0.4, -0.2) is 40.7 Å². The summed E-state index contributed by atoms with van der Waals surface area (Å²) in [6.07, 6.45) is 0. The third-order valence-electron chi connectivity index (χ3n) is 3.57. The van der Waals surface area contributed by atoms with Crippen molar-refractivity contribution < 1.29 is 28.6 Å². The zero-order chi connectivity index (χ0) is 19.8. The Morgan fingerprint density at radius 3 is 2.19 bits per heavy atom. The number of hydrogen-bond donors (Lipinski definition) is 0. The zero-order valence-corrected chi connectivity index (χ0v) is 15.6. The molecule has 8 heteroatoms. The molecule has 0 unspecified atom stereocenters. The summed E-state index contributed by atoms with van der Waals surface area (Å²) in [7, 11) is 0. The van der Waals surface area contributed by atoms with Crippen molar-refractivity contribution in [2.75, 3.05) is 13.2 Å². The van der Waals surface area contributed by atoms with Crippen molar-refractivity contribution in [2.45, 2.75) is 33.9 Å². The Morgan fingerprint density at radius 2 is 1.59 bits per heavy atom. The van der Waals surface area contributed by atoms with E-state index in [2.05, 4.69) is 4.98 Å². The standard InChI is InChI=1S/C19H22N2O6/c1-4-25-18(23)16-17(19(24)26-5-2)21(11-14-9-7-6-8-10-14)15(20-16)12-27-13(3)22/h6-10H,4-5,11-12H2,1-3H3. The van der Waals surface area contributed by atoms with E-state index in [1.807, 2.05) is 30.3 Å². The van der Waals surface area contributed by atoms with Crippen LogP contribution in [0.2, 0.25) is 0 Å². The molecular weight excluding hydrogens is 352 g/mol. The van der Waals surface area contributed by atoms with Crippen molar-refractivity contribution in [3.05, 3.63) is 53.1 Å². The maximum atomic E-state index is 12.5. The van der Waals surface area contributed by atoms with E-state index in [0.717, 1.165) is 5.56 Å². The van der Waals surface area contributed by atoms with E-state index >= 15 is 0 Å². The average molecular weight is 374 g/mol. The average Bonchev–Trinajstić information content (AvgIpc) is 2.99. The molecule has 0 aliphatic heterocycles. The van der Waals surface area contributed by atoms with Crippen molar-refractivity contribution in [3.63, 3.8) is 0 Å². The topological polar surface area (TPSA) is 96.7 Å². The van der Waals surface area contributed by atoms with Crippen LogP contribution in [0.15, 0.2) is 30.3 Å². The van der Waals surface area contributed by atoms with Gasteiger partial charge in [-0.15, -0.1) is 0 Å². The third kappa shape index (κ3) is 5.16. The fourth-order valence-electron chi connectivity index (χ4n) is 2.46. The van der Waals surface area contributed by atoms with Crippen LogP contribution in [0.25, 0.3) is 0 Å². The fourth-order valence-corrected chi connectivity index (χ4v) is 2.46. The maximum absolute atomic E-state index is 12.5. The van der Waals surface area contributed by atoms with Gasteiger partial charge in [0.05, 0.1) is 13.2 Å². The highest BCUT2D eigenvalue weighted by molar-refractivity contribution is 6.01. The van der Waals surface area contributed by atoms with Crippen molar-refractivity contribution in [1.29, 1.82) is 0 Å². The normalized spacial score (nSPS) is 10.3. The molecule has 0 aliphatic rings. The van der Waals surface area contributed by atoms with Gasteiger partial charge in [-0.1, -0.05) is 30.3 Å². The number of esters is 3. The molecular formula is C19H22N2O6. The van der Waals surface area contributed by atoms with E-state index in [0.29, 0.717) is 0 Å². The molecule has 0 saturated carbocycles. The van der Waals surface area contributed by atoms with Gasteiger partial charge in [-0.05, 0) is 19.4 Å². The highest BCUT2D eigenvalue weighted by Gasteiger charge is 2.29. The summed E-state index contributed by atoms with van der Waals surface area (Å²) >= 11 is 0. The Bertz CT molecular complexity index is 813. The molecule has 0 bridgehead atoms. The number of hydrogen-bond acceptors (Lipinski definition) is 7. The van der Waals surface area contributed by atoms with Gasteiger partial charge < -0.3 is 18.8 Å². The van der Waals surface area contributed by atoms with Gasteiger partial charge >= 0.3 is 17.9 Å². The van der Waals surface area contributed by atoms with Crippen molar-refractivity contribution in [2.24, 2.45) is 0 Å². The van der Waals surface area contributed by atoms with E-state index in [1.54, 1.807) is 13.8 Å². The van der Waals surface area contributed by atoms with Gasteiger partial charge in [-0.3, -0.25) is 4.79 Å². The number of ether oxygens (including phenoxy) is 3. The molecule has 27 heavy (non-hydrogen) atoms. The minimum absolute atomic E-state index is 0.0266. The van der Waals surface area contributed by atoms with Gasteiger partial charge in [0, 0.05) is 13.5 Å². The minimum Gasteiger partial charge on any atom is -0.461 e. The van der Waals surface area contributed by atoms with Crippen LogP contribution in [0.1, 0.15) is 53.1 Å². The Morgan fingerprint density at radius 1 is 0.963 bits per heavy atom. The first-order valence-corrected chi connectivity index (χ1v) is 8.58. The van der Waals surface area contributed by atoms with Gasteiger partial charge in [0.2, 0.25) is 0 Å². The number of rotatable bonds is 8. The SMILES string of the molecule is CCOC(=O)c1nc(COC(C)=O)n(Cc2ccccc2)c1C(=O)OCC. The Hall–Kier alpha value is -3.16. The van der Waals surface area contributed by atoms with Gasteiger partial charge in [-0.25, -0.2) is 14.6 Å². The summed E-state index contributed by atoms with van der Waals surface area (Å²) in [5, 5.41) is 0. The summed E-state index contributed by atoms with van der Waals surface area (Å²) < 4.78 is 16.7. The molecule has 1 aromatic heterocycles. The van der Waals surface area contributed by atoms with Crippen LogP contribution in [0.3, 0.4) is 0 Å². The van der Waals surface area contributed by atoms with Crippen molar-refractivity contribution >= 4 is 17.9 Å². The second-order valence-electron chi connectivity index (χ2n) is 5.52. The highest BCUT2D eigenvalue weighted by atomic mass is 16.5. The minimum atomic E-state index is -0.739. The van der Waals surface area contributed by atoms with Gasteiger partial charge in [0.1, 0.15) is 12.4 Å². The summed E-state index contributed by atoms with van der Waals surface area (Å²) in [6.45, 7) is 4.92. The first-order valence-electron chi connectivity index (χ1n) is 8.58. The van der Waals surface area contributed by atoms with E-state index in [9.17, 15) is 14.4 Å².